The molecule has 1 N–H and O–H groups in total. The number of alkyl halides is 2. The first kappa shape index (κ1) is 19.3. The van der Waals surface area contributed by atoms with Gasteiger partial charge in [0.05, 0.1) is 19.8 Å². The van der Waals surface area contributed by atoms with Crippen molar-refractivity contribution < 1.29 is 23.1 Å². The van der Waals surface area contributed by atoms with E-state index in [1.54, 1.807) is 9.80 Å². The van der Waals surface area contributed by atoms with Crippen LogP contribution in [0.1, 0.15) is 25.7 Å². The third-order valence-corrected chi connectivity index (χ3v) is 5.43. The number of carbonyl (C=O) groups excluding carboxylic acids is 2. The van der Waals surface area contributed by atoms with Gasteiger partial charge in [-0.25, -0.2) is 13.6 Å². The van der Waals surface area contributed by atoms with E-state index < -0.39 is 5.92 Å². The van der Waals surface area contributed by atoms with Crippen LogP contribution in [0.3, 0.4) is 0 Å². The molecule has 0 radical (unpaired) electrons. The number of halogens is 2. The number of amides is 3. The van der Waals surface area contributed by atoms with Crippen molar-refractivity contribution in [1.82, 2.24) is 20.0 Å². The van der Waals surface area contributed by atoms with Gasteiger partial charge in [0.1, 0.15) is 0 Å². The van der Waals surface area contributed by atoms with Gasteiger partial charge >= 0.3 is 6.03 Å². The third-order valence-electron chi connectivity index (χ3n) is 5.43. The van der Waals surface area contributed by atoms with E-state index in [-0.39, 0.29) is 30.8 Å². The Hall–Kier alpha value is -1.48. The fraction of sp³-hybridized carbons (Fsp3) is 0.882. The molecule has 3 fully saturated rings. The molecule has 0 aromatic rings. The molecule has 0 bridgehead atoms. The highest BCUT2D eigenvalue weighted by Crippen LogP contribution is 2.33. The molecule has 0 spiro atoms. The number of piperazine rings is 1. The highest BCUT2D eigenvalue weighted by Gasteiger charge is 2.36. The van der Waals surface area contributed by atoms with Gasteiger partial charge < -0.3 is 19.9 Å². The van der Waals surface area contributed by atoms with E-state index in [0.717, 1.165) is 13.1 Å². The summed E-state index contributed by atoms with van der Waals surface area (Å²) in [5.41, 5.74) is 0. The Bertz CT molecular complexity index is 496. The van der Waals surface area contributed by atoms with Crippen LogP contribution < -0.4 is 5.32 Å². The molecule has 7 nitrogen and oxygen atoms in total. The van der Waals surface area contributed by atoms with Crippen LogP contribution in [0.2, 0.25) is 0 Å². The topological polar surface area (TPSA) is 65.1 Å². The van der Waals surface area contributed by atoms with Crippen LogP contribution in [0.25, 0.3) is 0 Å². The quantitative estimate of drug-likeness (QED) is 0.792. The standard InChI is InChI=1S/C17H28F2N4O3/c18-17(19)3-1-14(2-4-17)20-16(25)23-7-5-22(6-8-23)15(24)13-21-9-11-26-12-10-21/h14H,1-13H2,(H,20,25). The molecular weight excluding hydrogens is 346 g/mol. The van der Waals surface area contributed by atoms with E-state index in [4.69, 9.17) is 4.74 Å². The molecule has 0 unspecified atom stereocenters. The summed E-state index contributed by atoms with van der Waals surface area (Å²) in [4.78, 5) is 30.2. The van der Waals surface area contributed by atoms with Crippen molar-refractivity contribution in [3.8, 4) is 0 Å². The molecule has 148 valence electrons. The summed E-state index contributed by atoms with van der Waals surface area (Å²) in [7, 11) is 0. The monoisotopic (exact) mass is 374 g/mol. The van der Waals surface area contributed by atoms with Crippen LogP contribution in [-0.4, -0.2) is 97.6 Å². The highest BCUT2D eigenvalue weighted by atomic mass is 19.3. The SMILES string of the molecule is O=C(CN1CCOCC1)N1CCN(C(=O)NC2CCC(F)(F)CC2)CC1. The van der Waals surface area contributed by atoms with Gasteiger partial charge in [-0.1, -0.05) is 0 Å². The molecule has 3 aliphatic rings. The summed E-state index contributed by atoms with van der Waals surface area (Å²) in [5, 5.41) is 2.86. The van der Waals surface area contributed by atoms with E-state index in [2.05, 4.69) is 10.2 Å². The molecule has 3 rings (SSSR count). The normalized spacial score (nSPS) is 25.2. The summed E-state index contributed by atoms with van der Waals surface area (Å²) in [5.74, 6) is -2.50. The Morgan fingerprint density at radius 1 is 0.962 bits per heavy atom. The average Bonchev–Trinajstić information content (AvgIpc) is 2.64. The van der Waals surface area contributed by atoms with Crippen LogP contribution in [0.5, 0.6) is 0 Å². The first-order valence-corrected chi connectivity index (χ1v) is 9.44. The number of rotatable bonds is 3. The van der Waals surface area contributed by atoms with Gasteiger partial charge in [0, 0.05) is 58.2 Å². The summed E-state index contributed by atoms with van der Waals surface area (Å²) < 4.78 is 31.7. The van der Waals surface area contributed by atoms with Crippen LogP contribution in [0, 0.1) is 0 Å². The first-order valence-electron chi connectivity index (χ1n) is 9.44. The lowest BCUT2D eigenvalue weighted by molar-refractivity contribution is -0.134. The van der Waals surface area contributed by atoms with Gasteiger partial charge in [0.25, 0.3) is 0 Å². The van der Waals surface area contributed by atoms with E-state index in [0.29, 0.717) is 58.8 Å². The number of nitrogens with zero attached hydrogens (tertiary/aromatic N) is 3. The van der Waals surface area contributed by atoms with Crippen molar-refractivity contribution in [2.24, 2.45) is 0 Å². The maximum atomic E-state index is 13.2. The number of ether oxygens (including phenoxy) is 1. The third kappa shape index (κ3) is 5.26. The molecule has 0 aromatic heterocycles. The largest absolute Gasteiger partial charge is 0.379 e. The second-order valence-electron chi connectivity index (χ2n) is 7.34. The molecule has 0 atom stereocenters. The van der Waals surface area contributed by atoms with Crippen molar-refractivity contribution >= 4 is 11.9 Å². The minimum atomic E-state index is -2.59. The summed E-state index contributed by atoms with van der Waals surface area (Å²) in [6.07, 6.45) is 0.303. The van der Waals surface area contributed by atoms with Gasteiger partial charge in [-0.3, -0.25) is 9.69 Å². The van der Waals surface area contributed by atoms with Crippen molar-refractivity contribution in [3.05, 3.63) is 0 Å². The molecule has 1 aliphatic carbocycles. The second kappa shape index (κ2) is 8.47. The molecular formula is C17H28F2N4O3. The maximum absolute atomic E-state index is 13.2. The zero-order chi connectivity index (χ0) is 18.6. The molecule has 1 saturated carbocycles. The van der Waals surface area contributed by atoms with Gasteiger partial charge in [0.2, 0.25) is 11.8 Å². The molecule has 2 heterocycles. The predicted octanol–water partition coefficient (Wildman–Crippen LogP) is 0.750. The van der Waals surface area contributed by atoms with Crippen LogP contribution in [-0.2, 0) is 9.53 Å². The van der Waals surface area contributed by atoms with Crippen molar-refractivity contribution in [2.45, 2.75) is 37.6 Å². The molecule has 3 amide bonds. The van der Waals surface area contributed by atoms with E-state index >= 15 is 0 Å². The zero-order valence-electron chi connectivity index (χ0n) is 15.1. The van der Waals surface area contributed by atoms with Gasteiger partial charge in [-0.05, 0) is 12.8 Å². The predicted molar refractivity (Wildman–Crippen MR) is 91.1 cm³/mol. The smallest absolute Gasteiger partial charge is 0.317 e. The molecule has 26 heavy (non-hydrogen) atoms. The van der Waals surface area contributed by atoms with Crippen molar-refractivity contribution in [2.75, 3.05) is 59.0 Å². The maximum Gasteiger partial charge on any atom is 0.317 e. The molecule has 9 heteroatoms. The van der Waals surface area contributed by atoms with E-state index in [1.165, 1.54) is 0 Å². The Kier molecular flexibility index (Phi) is 6.29. The van der Waals surface area contributed by atoms with Gasteiger partial charge in [0.15, 0.2) is 0 Å². The number of urea groups is 1. The Morgan fingerprint density at radius 3 is 2.15 bits per heavy atom. The first-order chi connectivity index (χ1) is 12.4. The minimum absolute atomic E-state index is 0.0847. The zero-order valence-corrected chi connectivity index (χ0v) is 15.1. The number of carbonyl (C=O) groups is 2. The van der Waals surface area contributed by atoms with Crippen LogP contribution in [0.4, 0.5) is 13.6 Å². The molecule has 0 aromatic carbocycles. The number of hydrogen-bond donors (Lipinski definition) is 1. The second-order valence-corrected chi connectivity index (χ2v) is 7.34. The van der Waals surface area contributed by atoms with E-state index in [9.17, 15) is 18.4 Å². The van der Waals surface area contributed by atoms with Crippen molar-refractivity contribution in [3.63, 3.8) is 0 Å². The number of morpholine rings is 1. The fourth-order valence-electron chi connectivity index (χ4n) is 3.66. The summed E-state index contributed by atoms with van der Waals surface area (Å²) >= 11 is 0. The summed E-state index contributed by atoms with van der Waals surface area (Å²) in [6.45, 7) is 5.24. The minimum Gasteiger partial charge on any atom is -0.379 e. The summed E-state index contributed by atoms with van der Waals surface area (Å²) in [6, 6.07) is -0.386. The Labute approximate surface area is 152 Å². The van der Waals surface area contributed by atoms with Gasteiger partial charge in [-0.15, -0.1) is 0 Å². The molecule has 2 saturated heterocycles. The van der Waals surface area contributed by atoms with E-state index in [1.807, 2.05) is 0 Å². The number of nitrogens with one attached hydrogen (secondary N) is 1. The average molecular weight is 374 g/mol. The fourth-order valence-corrected chi connectivity index (χ4v) is 3.66. The Morgan fingerprint density at radius 2 is 1.54 bits per heavy atom. The highest BCUT2D eigenvalue weighted by molar-refractivity contribution is 5.79. The van der Waals surface area contributed by atoms with Crippen LogP contribution >= 0.6 is 0 Å². The Balaban J connectivity index is 1.37. The number of hydrogen-bond acceptors (Lipinski definition) is 4. The molecule has 2 aliphatic heterocycles. The van der Waals surface area contributed by atoms with Crippen LogP contribution in [0.15, 0.2) is 0 Å². The lowest BCUT2D eigenvalue weighted by Gasteiger charge is -2.37. The lowest BCUT2D eigenvalue weighted by atomic mass is 9.92. The van der Waals surface area contributed by atoms with Crippen molar-refractivity contribution in [1.29, 1.82) is 0 Å². The van der Waals surface area contributed by atoms with Gasteiger partial charge in [-0.2, -0.15) is 0 Å². The lowest BCUT2D eigenvalue weighted by Crippen LogP contribution is -2.56.